The molecule has 0 fully saturated rings. The lowest BCUT2D eigenvalue weighted by atomic mass is 10.1. The molecule has 1 N–H and O–H groups in total. The van der Waals surface area contributed by atoms with E-state index in [1.807, 2.05) is 4.57 Å². The summed E-state index contributed by atoms with van der Waals surface area (Å²) >= 11 is 0. The van der Waals surface area contributed by atoms with Gasteiger partial charge < -0.3 is 9.77 Å². The van der Waals surface area contributed by atoms with Crippen LogP contribution in [0.2, 0.25) is 0 Å². The van der Waals surface area contributed by atoms with Crippen LogP contribution in [0.25, 0.3) is 0 Å². The smallest absolute Gasteiger partial charge is 0.181 e. The fraction of sp³-hybridized carbons (Fsp3) is 0.500. The van der Waals surface area contributed by atoms with Crippen molar-refractivity contribution < 1.29 is 5.21 Å². The van der Waals surface area contributed by atoms with E-state index >= 15 is 0 Å². The molecule has 5 heteroatoms. The lowest BCUT2D eigenvalue weighted by Crippen LogP contribution is -2.17. The van der Waals surface area contributed by atoms with Crippen LogP contribution in [0.4, 0.5) is 0 Å². The van der Waals surface area contributed by atoms with E-state index in [0.29, 0.717) is 11.5 Å². The van der Waals surface area contributed by atoms with Crippen molar-refractivity contribution in [1.82, 2.24) is 14.8 Å². The minimum atomic E-state index is 0.633. The molecule has 0 bridgehead atoms. The van der Waals surface area contributed by atoms with E-state index in [1.165, 1.54) is 0 Å². The lowest BCUT2D eigenvalue weighted by Gasteiger charge is -2.12. The van der Waals surface area contributed by atoms with Gasteiger partial charge in [-0.3, -0.25) is 0 Å². The molecule has 0 atom stereocenters. The molecule has 11 heavy (non-hydrogen) atoms. The van der Waals surface area contributed by atoms with Crippen LogP contribution >= 0.6 is 0 Å². The molecule has 2 heterocycles. The van der Waals surface area contributed by atoms with E-state index in [2.05, 4.69) is 15.4 Å². The highest BCUT2D eigenvalue weighted by molar-refractivity contribution is 5.97. The summed E-state index contributed by atoms with van der Waals surface area (Å²) in [6.07, 6.45) is 3.43. The Morgan fingerprint density at radius 1 is 1.64 bits per heavy atom. The molecule has 1 aliphatic rings. The predicted molar refractivity (Wildman–Crippen MR) is 37.6 cm³/mol. The van der Waals surface area contributed by atoms with Crippen LogP contribution < -0.4 is 0 Å². The Balaban J connectivity index is 2.48. The maximum Gasteiger partial charge on any atom is 0.181 e. The van der Waals surface area contributed by atoms with Crippen LogP contribution in [0.5, 0.6) is 0 Å². The van der Waals surface area contributed by atoms with Crippen molar-refractivity contribution in [1.29, 1.82) is 0 Å². The monoisotopic (exact) mass is 152 g/mol. The number of fused-ring (bicyclic) bond motifs is 1. The van der Waals surface area contributed by atoms with Gasteiger partial charge in [0.25, 0.3) is 0 Å². The summed E-state index contributed by atoms with van der Waals surface area (Å²) in [5, 5.41) is 19.3. The number of hydrogen-bond acceptors (Lipinski definition) is 4. The quantitative estimate of drug-likeness (QED) is 0.428. The fourth-order valence-electron chi connectivity index (χ4n) is 1.27. The molecule has 0 saturated heterocycles. The maximum absolute atomic E-state index is 8.56. The highest BCUT2D eigenvalue weighted by atomic mass is 16.4. The third kappa shape index (κ3) is 0.886. The molecule has 0 spiro atoms. The SMILES string of the molecule is O/N=C1/CCCn2cnnc21. The standard InChI is InChI=1S/C6H8N4O/c11-9-5-2-1-3-10-4-7-8-6(5)10/h4,11H,1-3H2/b9-5-. The largest absolute Gasteiger partial charge is 0.411 e. The third-order valence-corrected chi connectivity index (χ3v) is 1.81. The summed E-state index contributed by atoms with van der Waals surface area (Å²) < 4.78 is 1.89. The van der Waals surface area contributed by atoms with E-state index in [1.54, 1.807) is 6.33 Å². The number of hydrogen-bond donors (Lipinski definition) is 1. The number of rotatable bonds is 0. The Bertz CT molecular complexity index is 291. The highest BCUT2D eigenvalue weighted by Crippen LogP contribution is 2.11. The van der Waals surface area contributed by atoms with Gasteiger partial charge in [-0.1, -0.05) is 5.16 Å². The summed E-state index contributed by atoms with van der Waals surface area (Å²) in [4.78, 5) is 0. The van der Waals surface area contributed by atoms with E-state index < -0.39 is 0 Å². The molecule has 0 aliphatic carbocycles. The minimum absolute atomic E-state index is 0.633. The normalized spacial score (nSPS) is 20.2. The molecule has 58 valence electrons. The molecule has 0 aromatic carbocycles. The lowest BCUT2D eigenvalue weighted by molar-refractivity contribution is 0.316. The van der Waals surface area contributed by atoms with Gasteiger partial charge in [0.15, 0.2) is 5.82 Å². The number of aryl methyl sites for hydroxylation is 1. The molecule has 1 aromatic rings. The molecule has 0 unspecified atom stereocenters. The van der Waals surface area contributed by atoms with Crippen molar-refractivity contribution in [3.63, 3.8) is 0 Å². The average Bonchev–Trinajstić information content (AvgIpc) is 2.50. The van der Waals surface area contributed by atoms with Crippen LogP contribution in [0.1, 0.15) is 18.7 Å². The summed E-state index contributed by atoms with van der Waals surface area (Å²) in [5.74, 6) is 0.693. The van der Waals surface area contributed by atoms with Crippen molar-refractivity contribution in [2.45, 2.75) is 19.4 Å². The zero-order valence-electron chi connectivity index (χ0n) is 5.93. The van der Waals surface area contributed by atoms with Gasteiger partial charge in [0.05, 0.1) is 0 Å². The van der Waals surface area contributed by atoms with Crippen molar-refractivity contribution in [3.05, 3.63) is 12.2 Å². The number of aromatic nitrogens is 3. The highest BCUT2D eigenvalue weighted by Gasteiger charge is 2.16. The Morgan fingerprint density at radius 2 is 2.55 bits per heavy atom. The average molecular weight is 152 g/mol. The fourth-order valence-corrected chi connectivity index (χ4v) is 1.27. The number of nitrogens with zero attached hydrogens (tertiary/aromatic N) is 4. The molecular formula is C6H8N4O. The molecule has 0 radical (unpaired) electrons. The summed E-state index contributed by atoms with van der Waals surface area (Å²) in [5.41, 5.74) is 0.633. The van der Waals surface area contributed by atoms with Gasteiger partial charge in [0.1, 0.15) is 12.0 Å². The van der Waals surface area contributed by atoms with Gasteiger partial charge in [0, 0.05) is 6.54 Å². The Hall–Kier alpha value is -1.39. The Morgan fingerprint density at radius 3 is 3.36 bits per heavy atom. The van der Waals surface area contributed by atoms with Crippen molar-refractivity contribution >= 4 is 5.71 Å². The van der Waals surface area contributed by atoms with Crippen LogP contribution in [0.15, 0.2) is 11.5 Å². The van der Waals surface area contributed by atoms with Crippen molar-refractivity contribution in [2.75, 3.05) is 0 Å². The molecule has 0 saturated carbocycles. The van der Waals surface area contributed by atoms with Gasteiger partial charge in [0.2, 0.25) is 0 Å². The van der Waals surface area contributed by atoms with E-state index in [9.17, 15) is 0 Å². The van der Waals surface area contributed by atoms with Gasteiger partial charge in [-0.2, -0.15) is 0 Å². The van der Waals surface area contributed by atoms with Crippen LogP contribution in [0, 0.1) is 0 Å². The molecular weight excluding hydrogens is 144 g/mol. The molecule has 1 aliphatic heterocycles. The van der Waals surface area contributed by atoms with Gasteiger partial charge in [-0.05, 0) is 12.8 Å². The number of oxime groups is 1. The second-order valence-electron chi connectivity index (χ2n) is 2.50. The first-order chi connectivity index (χ1) is 5.42. The van der Waals surface area contributed by atoms with Gasteiger partial charge in [-0.15, -0.1) is 10.2 Å². The molecule has 2 rings (SSSR count). The molecule has 5 nitrogen and oxygen atoms in total. The van der Waals surface area contributed by atoms with E-state index in [-0.39, 0.29) is 0 Å². The zero-order chi connectivity index (χ0) is 7.68. The zero-order valence-corrected chi connectivity index (χ0v) is 5.93. The van der Waals surface area contributed by atoms with Crippen LogP contribution in [0.3, 0.4) is 0 Å². The van der Waals surface area contributed by atoms with Gasteiger partial charge >= 0.3 is 0 Å². The Kier molecular flexibility index (Phi) is 1.34. The van der Waals surface area contributed by atoms with Crippen LogP contribution in [-0.2, 0) is 6.54 Å². The first-order valence-electron chi connectivity index (χ1n) is 3.51. The molecule has 1 aromatic heterocycles. The van der Waals surface area contributed by atoms with Crippen molar-refractivity contribution in [2.24, 2.45) is 5.16 Å². The summed E-state index contributed by atoms with van der Waals surface area (Å²) in [6.45, 7) is 0.918. The van der Waals surface area contributed by atoms with Crippen LogP contribution in [-0.4, -0.2) is 25.7 Å². The first-order valence-corrected chi connectivity index (χ1v) is 3.51. The van der Waals surface area contributed by atoms with E-state index in [0.717, 1.165) is 19.4 Å². The predicted octanol–water partition coefficient (Wildman–Crippen LogP) is 0.250. The summed E-state index contributed by atoms with van der Waals surface area (Å²) in [7, 11) is 0. The maximum atomic E-state index is 8.56. The van der Waals surface area contributed by atoms with E-state index in [4.69, 9.17) is 5.21 Å². The molecule has 0 amide bonds. The third-order valence-electron chi connectivity index (χ3n) is 1.81. The first kappa shape index (κ1) is 6.33. The Labute approximate surface area is 63.4 Å². The van der Waals surface area contributed by atoms with Gasteiger partial charge in [-0.25, -0.2) is 0 Å². The van der Waals surface area contributed by atoms with Crippen molar-refractivity contribution in [3.8, 4) is 0 Å². The summed E-state index contributed by atoms with van der Waals surface area (Å²) in [6, 6.07) is 0. The topological polar surface area (TPSA) is 63.3 Å². The minimum Gasteiger partial charge on any atom is -0.411 e. The second kappa shape index (κ2) is 2.34. The second-order valence-corrected chi connectivity index (χ2v) is 2.50.